The molecule has 92 valence electrons. The molecule has 1 aromatic carbocycles. The number of carbonyl (C=O) groups excluding carboxylic acids is 1. The first-order valence-corrected chi connectivity index (χ1v) is 6.84. The maximum atomic E-state index is 10.9. The predicted molar refractivity (Wildman–Crippen MR) is 71.7 cm³/mol. The number of Topliss-reactive ketones (excluding diaryl/α,β-unsaturated/α-hetero) is 1. The molecule has 1 aromatic rings. The van der Waals surface area contributed by atoms with E-state index in [-0.39, 0.29) is 5.78 Å². The van der Waals surface area contributed by atoms with E-state index >= 15 is 0 Å². The Hall–Kier alpha value is -0.820. The molecule has 0 bridgehead atoms. The first-order chi connectivity index (χ1) is 8.16. The summed E-state index contributed by atoms with van der Waals surface area (Å²) in [5, 5.41) is 0.884. The van der Waals surface area contributed by atoms with Gasteiger partial charge in [-0.25, -0.2) is 0 Å². The number of fused-ring (bicyclic) bond motifs is 1. The smallest absolute Gasteiger partial charge is 0.129 e. The van der Waals surface area contributed by atoms with Crippen molar-refractivity contribution in [2.45, 2.75) is 51.9 Å². The number of hydrogen-bond acceptors (Lipinski definition) is 1. The number of aryl methyl sites for hydroxylation is 3. The van der Waals surface area contributed by atoms with Crippen molar-refractivity contribution in [3.05, 3.63) is 33.8 Å². The Labute approximate surface area is 108 Å². The van der Waals surface area contributed by atoms with Crippen molar-refractivity contribution in [2.24, 2.45) is 0 Å². The van der Waals surface area contributed by atoms with Gasteiger partial charge in [0, 0.05) is 11.4 Å². The van der Waals surface area contributed by atoms with Crippen LogP contribution in [0.25, 0.3) is 0 Å². The Bertz CT molecular complexity index is 423. The molecular weight excluding hydrogens is 232 g/mol. The van der Waals surface area contributed by atoms with E-state index in [0.717, 1.165) is 17.9 Å². The van der Waals surface area contributed by atoms with Gasteiger partial charge < -0.3 is 4.79 Å². The van der Waals surface area contributed by atoms with Crippen LogP contribution in [-0.2, 0) is 24.1 Å². The molecule has 0 unspecified atom stereocenters. The maximum absolute atomic E-state index is 10.9. The average Bonchev–Trinajstić information content (AvgIpc) is 2.29. The fraction of sp³-hybridized carbons (Fsp3) is 0.533. The molecule has 0 aliphatic heterocycles. The Kier molecular flexibility index (Phi) is 4.22. The Morgan fingerprint density at radius 1 is 1.24 bits per heavy atom. The molecule has 1 nitrogen and oxygen atoms in total. The normalized spacial score (nSPS) is 14.5. The molecule has 17 heavy (non-hydrogen) atoms. The number of benzene rings is 1. The lowest BCUT2D eigenvalue weighted by Crippen LogP contribution is -2.04. The second-order valence-corrected chi connectivity index (χ2v) is 5.38. The number of hydrogen-bond donors (Lipinski definition) is 0. The molecule has 0 radical (unpaired) electrons. The molecule has 0 heterocycles. The van der Waals surface area contributed by atoms with Crippen LogP contribution in [0.1, 0.15) is 49.3 Å². The zero-order valence-electron chi connectivity index (χ0n) is 10.4. The Morgan fingerprint density at radius 2 is 1.88 bits per heavy atom. The van der Waals surface area contributed by atoms with Gasteiger partial charge in [0.05, 0.1) is 0 Å². The van der Waals surface area contributed by atoms with Gasteiger partial charge in [0.25, 0.3) is 0 Å². The molecule has 2 heteroatoms. The van der Waals surface area contributed by atoms with Gasteiger partial charge in [-0.05, 0) is 68.2 Å². The minimum Gasteiger partial charge on any atom is -0.300 e. The van der Waals surface area contributed by atoms with Gasteiger partial charge in [0.2, 0.25) is 0 Å². The molecule has 1 aliphatic carbocycles. The van der Waals surface area contributed by atoms with Crippen LogP contribution in [0.2, 0.25) is 5.02 Å². The van der Waals surface area contributed by atoms with Crippen LogP contribution in [-0.4, -0.2) is 5.78 Å². The van der Waals surface area contributed by atoms with Crippen LogP contribution in [0.5, 0.6) is 0 Å². The van der Waals surface area contributed by atoms with Gasteiger partial charge in [0.1, 0.15) is 5.78 Å². The second kappa shape index (κ2) is 5.68. The van der Waals surface area contributed by atoms with Crippen molar-refractivity contribution in [2.75, 3.05) is 0 Å². The molecule has 0 fully saturated rings. The van der Waals surface area contributed by atoms with E-state index in [1.807, 2.05) is 0 Å². The molecule has 0 saturated heterocycles. The predicted octanol–water partition coefficient (Wildman–Crippen LogP) is 4.13. The first-order valence-electron chi connectivity index (χ1n) is 6.46. The SMILES string of the molecule is CC(=O)CCCc1cc2c(cc1Cl)CCCC2. The third kappa shape index (κ3) is 3.32. The molecule has 0 amide bonds. The minimum atomic E-state index is 0.263. The lowest BCUT2D eigenvalue weighted by Gasteiger charge is -2.17. The van der Waals surface area contributed by atoms with Crippen molar-refractivity contribution in [3.8, 4) is 0 Å². The van der Waals surface area contributed by atoms with E-state index < -0.39 is 0 Å². The molecule has 0 N–H and O–H groups in total. The highest BCUT2D eigenvalue weighted by molar-refractivity contribution is 6.31. The fourth-order valence-corrected chi connectivity index (χ4v) is 2.81. The number of halogens is 1. The zero-order valence-corrected chi connectivity index (χ0v) is 11.1. The molecule has 0 saturated carbocycles. The molecular formula is C15H19ClO. The summed E-state index contributed by atoms with van der Waals surface area (Å²) in [5.74, 6) is 0.263. The molecule has 0 atom stereocenters. The standard InChI is InChI=1S/C15H19ClO/c1-11(17)5-4-8-14-9-12-6-2-3-7-13(12)10-15(14)16/h9-10H,2-8H2,1H3. The first kappa shape index (κ1) is 12.6. The van der Waals surface area contributed by atoms with Crippen molar-refractivity contribution < 1.29 is 4.79 Å². The second-order valence-electron chi connectivity index (χ2n) is 4.98. The van der Waals surface area contributed by atoms with Crippen molar-refractivity contribution >= 4 is 17.4 Å². The maximum Gasteiger partial charge on any atom is 0.129 e. The monoisotopic (exact) mass is 250 g/mol. The van der Waals surface area contributed by atoms with Crippen molar-refractivity contribution in [1.29, 1.82) is 0 Å². The third-order valence-corrected chi connectivity index (χ3v) is 3.84. The van der Waals surface area contributed by atoms with Crippen LogP contribution in [0.3, 0.4) is 0 Å². The lowest BCUT2D eigenvalue weighted by molar-refractivity contribution is -0.117. The summed E-state index contributed by atoms with van der Waals surface area (Å²) in [4.78, 5) is 10.9. The summed E-state index contributed by atoms with van der Waals surface area (Å²) in [7, 11) is 0. The minimum absolute atomic E-state index is 0.263. The van der Waals surface area contributed by atoms with Crippen LogP contribution >= 0.6 is 11.6 Å². The van der Waals surface area contributed by atoms with Crippen LogP contribution in [0.4, 0.5) is 0 Å². The Morgan fingerprint density at radius 3 is 2.53 bits per heavy atom. The van der Waals surface area contributed by atoms with Crippen LogP contribution in [0, 0.1) is 0 Å². The summed E-state index contributed by atoms with van der Waals surface area (Å²) < 4.78 is 0. The molecule has 2 rings (SSSR count). The van der Waals surface area contributed by atoms with E-state index in [9.17, 15) is 4.79 Å². The summed E-state index contributed by atoms with van der Waals surface area (Å²) in [6.45, 7) is 1.65. The molecule has 0 aromatic heterocycles. The highest BCUT2D eigenvalue weighted by Crippen LogP contribution is 2.28. The van der Waals surface area contributed by atoms with Crippen molar-refractivity contribution in [3.63, 3.8) is 0 Å². The van der Waals surface area contributed by atoms with Gasteiger partial charge in [-0.3, -0.25) is 0 Å². The van der Waals surface area contributed by atoms with E-state index in [2.05, 4.69) is 12.1 Å². The summed E-state index contributed by atoms with van der Waals surface area (Å²) in [6.07, 6.45) is 7.43. The zero-order chi connectivity index (χ0) is 12.3. The summed E-state index contributed by atoms with van der Waals surface area (Å²) in [6, 6.07) is 4.40. The van der Waals surface area contributed by atoms with Crippen LogP contribution < -0.4 is 0 Å². The topological polar surface area (TPSA) is 17.1 Å². The lowest BCUT2D eigenvalue weighted by atomic mass is 9.89. The largest absolute Gasteiger partial charge is 0.300 e. The van der Waals surface area contributed by atoms with Gasteiger partial charge in [-0.15, -0.1) is 0 Å². The average molecular weight is 251 g/mol. The number of rotatable bonds is 4. The summed E-state index contributed by atoms with van der Waals surface area (Å²) in [5.41, 5.74) is 4.11. The van der Waals surface area contributed by atoms with Crippen molar-refractivity contribution in [1.82, 2.24) is 0 Å². The Balaban J connectivity index is 2.09. The highest BCUT2D eigenvalue weighted by Gasteiger charge is 2.12. The number of ketones is 1. The summed E-state index contributed by atoms with van der Waals surface area (Å²) >= 11 is 6.29. The van der Waals surface area contributed by atoms with E-state index in [0.29, 0.717) is 6.42 Å². The fourth-order valence-electron chi connectivity index (χ4n) is 2.53. The van der Waals surface area contributed by atoms with E-state index in [4.69, 9.17) is 11.6 Å². The molecule has 0 spiro atoms. The quantitative estimate of drug-likeness (QED) is 0.785. The highest BCUT2D eigenvalue weighted by atomic mass is 35.5. The number of carbonyl (C=O) groups is 1. The van der Waals surface area contributed by atoms with Gasteiger partial charge in [-0.1, -0.05) is 17.7 Å². The van der Waals surface area contributed by atoms with Gasteiger partial charge >= 0.3 is 0 Å². The van der Waals surface area contributed by atoms with E-state index in [1.165, 1.54) is 42.4 Å². The van der Waals surface area contributed by atoms with Gasteiger partial charge in [-0.2, -0.15) is 0 Å². The van der Waals surface area contributed by atoms with E-state index in [1.54, 1.807) is 6.92 Å². The molecule has 1 aliphatic rings. The third-order valence-electron chi connectivity index (χ3n) is 3.49. The van der Waals surface area contributed by atoms with Crippen LogP contribution in [0.15, 0.2) is 12.1 Å². The van der Waals surface area contributed by atoms with Gasteiger partial charge in [0.15, 0.2) is 0 Å².